The number of benzene rings is 1. The molecule has 1 aliphatic heterocycles. The molecule has 0 amide bonds. The van der Waals surface area contributed by atoms with Gasteiger partial charge in [0.25, 0.3) is 0 Å². The van der Waals surface area contributed by atoms with Crippen LogP contribution in [0.5, 0.6) is 5.75 Å². The van der Waals surface area contributed by atoms with E-state index in [1.807, 2.05) is 25.1 Å². The first-order valence-electron chi connectivity index (χ1n) is 7.70. The Morgan fingerprint density at radius 1 is 1.36 bits per heavy atom. The van der Waals surface area contributed by atoms with Crippen molar-refractivity contribution in [3.63, 3.8) is 0 Å². The van der Waals surface area contributed by atoms with Crippen LogP contribution in [0.4, 0.5) is 0 Å². The number of ether oxygens (including phenoxy) is 4. The monoisotopic (exact) mass is 308 g/mol. The maximum atomic E-state index is 12.0. The zero-order chi connectivity index (χ0) is 15.9. The van der Waals surface area contributed by atoms with Crippen molar-refractivity contribution in [2.45, 2.75) is 45.3 Å². The molecule has 2 unspecified atom stereocenters. The van der Waals surface area contributed by atoms with Gasteiger partial charge in [-0.25, -0.2) is 4.79 Å². The lowest BCUT2D eigenvalue weighted by molar-refractivity contribution is -0.152. The first-order valence-corrected chi connectivity index (χ1v) is 7.70. The first kappa shape index (κ1) is 16.8. The fraction of sp³-hybridized carbons (Fsp3) is 0.588. The normalized spacial score (nSPS) is 21.2. The highest BCUT2D eigenvalue weighted by Crippen LogP contribution is 2.35. The molecule has 0 aromatic heterocycles. The molecule has 122 valence electrons. The van der Waals surface area contributed by atoms with Crippen LogP contribution in [0.15, 0.2) is 18.2 Å². The minimum absolute atomic E-state index is 0.0845. The summed E-state index contributed by atoms with van der Waals surface area (Å²) in [6, 6.07) is 5.96. The third kappa shape index (κ3) is 4.21. The molecule has 0 saturated carbocycles. The van der Waals surface area contributed by atoms with E-state index in [1.165, 1.54) is 0 Å². The summed E-state index contributed by atoms with van der Waals surface area (Å²) < 4.78 is 21.8. The number of hydrogen-bond acceptors (Lipinski definition) is 5. The first-order chi connectivity index (χ1) is 10.7. The quantitative estimate of drug-likeness (QED) is 0.618. The smallest absolute Gasteiger partial charge is 0.347 e. The second kappa shape index (κ2) is 8.15. The number of aryl methyl sites for hydroxylation is 1. The predicted molar refractivity (Wildman–Crippen MR) is 81.8 cm³/mol. The summed E-state index contributed by atoms with van der Waals surface area (Å²) >= 11 is 0. The van der Waals surface area contributed by atoms with Gasteiger partial charge in [0.1, 0.15) is 12.5 Å². The molecule has 1 aliphatic rings. The molecule has 0 spiro atoms. The summed E-state index contributed by atoms with van der Waals surface area (Å²) in [6.07, 6.45) is 1.63. The third-order valence-electron chi connectivity index (χ3n) is 3.65. The summed E-state index contributed by atoms with van der Waals surface area (Å²) in [5.74, 6) is 0.394. The Morgan fingerprint density at radius 2 is 2.18 bits per heavy atom. The molecule has 0 N–H and O–H groups in total. The number of rotatable bonds is 5. The van der Waals surface area contributed by atoms with E-state index in [1.54, 1.807) is 14.0 Å². The van der Waals surface area contributed by atoms with E-state index in [2.05, 4.69) is 0 Å². The van der Waals surface area contributed by atoms with Gasteiger partial charge in [0.2, 0.25) is 0 Å². The molecule has 0 radical (unpaired) electrons. The van der Waals surface area contributed by atoms with Crippen LogP contribution >= 0.6 is 0 Å². The topological polar surface area (TPSA) is 54.0 Å². The fourth-order valence-corrected chi connectivity index (χ4v) is 2.59. The number of carbonyl (C=O) groups excluding carboxylic acids is 1. The molecule has 0 saturated heterocycles. The van der Waals surface area contributed by atoms with E-state index in [9.17, 15) is 4.79 Å². The second-order valence-corrected chi connectivity index (χ2v) is 5.39. The van der Waals surface area contributed by atoms with Crippen molar-refractivity contribution in [3.8, 4) is 5.75 Å². The molecule has 0 aliphatic carbocycles. The summed E-state index contributed by atoms with van der Waals surface area (Å²) in [5, 5.41) is 0. The van der Waals surface area contributed by atoms with Crippen molar-refractivity contribution in [2.75, 3.05) is 20.5 Å². The standard InChI is InChI=1S/C17H24O5/c1-4-20-17(18)15-7-5-6-14(21-11-19-3)13-9-8-12(2)10-16(13)22-15/h8-10,14-15H,4-7,11H2,1-3H3. The molecular weight excluding hydrogens is 284 g/mol. The summed E-state index contributed by atoms with van der Waals surface area (Å²) in [4.78, 5) is 12.0. The van der Waals surface area contributed by atoms with Crippen molar-refractivity contribution in [1.82, 2.24) is 0 Å². The Hall–Kier alpha value is -1.59. The third-order valence-corrected chi connectivity index (χ3v) is 3.65. The van der Waals surface area contributed by atoms with Crippen LogP contribution in [0.1, 0.15) is 43.4 Å². The van der Waals surface area contributed by atoms with E-state index in [-0.39, 0.29) is 18.9 Å². The van der Waals surface area contributed by atoms with Gasteiger partial charge in [0, 0.05) is 12.7 Å². The lowest BCUT2D eigenvalue weighted by Gasteiger charge is -2.27. The molecule has 1 aromatic carbocycles. The molecule has 22 heavy (non-hydrogen) atoms. The number of fused-ring (bicyclic) bond motifs is 1. The zero-order valence-electron chi connectivity index (χ0n) is 13.5. The highest BCUT2D eigenvalue weighted by molar-refractivity contribution is 5.75. The molecule has 2 atom stereocenters. The molecular formula is C17H24O5. The molecule has 5 heteroatoms. The lowest BCUT2D eigenvalue weighted by Crippen LogP contribution is -2.31. The van der Waals surface area contributed by atoms with E-state index >= 15 is 0 Å². The van der Waals surface area contributed by atoms with E-state index in [0.29, 0.717) is 18.8 Å². The maximum Gasteiger partial charge on any atom is 0.347 e. The Balaban J connectivity index is 2.25. The van der Waals surface area contributed by atoms with Crippen molar-refractivity contribution in [1.29, 1.82) is 0 Å². The van der Waals surface area contributed by atoms with Crippen LogP contribution in [0, 0.1) is 6.92 Å². The molecule has 0 bridgehead atoms. The van der Waals surface area contributed by atoms with Crippen LogP contribution in [0.3, 0.4) is 0 Å². The Bertz CT molecular complexity index is 500. The Labute approximate surface area is 131 Å². The van der Waals surface area contributed by atoms with Gasteiger partial charge in [-0.05, 0) is 44.7 Å². The zero-order valence-corrected chi connectivity index (χ0v) is 13.5. The van der Waals surface area contributed by atoms with Crippen LogP contribution in [0.25, 0.3) is 0 Å². The fourth-order valence-electron chi connectivity index (χ4n) is 2.59. The molecule has 1 aromatic rings. The molecule has 0 fully saturated rings. The SMILES string of the molecule is CCOC(=O)C1CCCC(OCOC)c2ccc(C)cc2O1. The number of carbonyl (C=O) groups is 1. The molecule has 2 rings (SSSR count). The summed E-state index contributed by atoms with van der Waals surface area (Å²) in [7, 11) is 1.60. The summed E-state index contributed by atoms with van der Waals surface area (Å²) in [6.45, 7) is 4.39. The van der Waals surface area contributed by atoms with E-state index < -0.39 is 6.10 Å². The second-order valence-electron chi connectivity index (χ2n) is 5.39. The Kier molecular flexibility index (Phi) is 6.21. The maximum absolute atomic E-state index is 12.0. The van der Waals surface area contributed by atoms with Crippen molar-refractivity contribution >= 4 is 5.97 Å². The van der Waals surface area contributed by atoms with Gasteiger partial charge >= 0.3 is 5.97 Å². The highest BCUT2D eigenvalue weighted by Gasteiger charge is 2.28. The van der Waals surface area contributed by atoms with Gasteiger partial charge in [-0.3, -0.25) is 0 Å². The van der Waals surface area contributed by atoms with Gasteiger partial charge in [0.15, 0.2) is 6.10 Å². The lowest BCUT2D eigenvalue weighted by atomic mass is 9.98. The average molecular weight is 308 g/mol. The van der Waals surface area contributed by atoms with Crippen molar-refractivity contribution in [2.24, 2.45) is 0 Å². The van der Waals surface area contributed by atoms with E-state index in [0.717, 1.165) is 24.0 Å². The van der Waals surface area contributed by atoms with Gasteiger partial charge < -0.3 is 18.9 Å². The number of esters is 1. The number of methoxy groups -OCH3 is 1. The van der Waals surface area contributed by atoms with Crippen molar-refractivity contribution < 1.29 is 23.7 Å². The van der Waals surface area contributed by atoms with Crippen LogP contribution in [0.2, 0.25) is 0 Å². The van der Waals surface area contributed by atoms with Gasteiger partial charge in [-0.1, -0.05) is 12.1 Å². The average Bonchev–Trinajstić information content (AvgIpc) is 2.48. The summed E-state index contributed by atoms with van der Waals surface area (Å²) in [5.41, 5.74) is 2.03. The molecule has 1 heterocycles. The van der Waals surface area contributed by atoms with Gasteiger partial charge in [-0.15, -0.1) is 0 Å². The minimum atomic E-state index is -0.552. The Morgan fingerprint density at radius 3 is 2.91 bits per heavy atom. The van der Waals surface area contributed by atoms with Crippen LogP contribution in [-0.4, -0.2) is 32.6 Å². The predicted octanol–water partition coefficient (Wildman–Crippen LogP) is 3.15. The number of hydrogen-bond donors (Lipinski definition) is 0. The van der Waals surface area contributed by atoms with Crippen LogP contribution in [-0.2, 0) is 19.0 Å². The van der Waals surface area contributed by atoms with Crippen LogP contribution < -0.4 is 4.74 Å². The van der Waals surface area contributed by atoms with Crippen molar-refractivity contribution in [3.05, 3.63) is 29.3 Å². The largest absolute Gasteiger partial charge is 0.478 e. The van der Waals surface area contributed by atoms with Gasteiger partial charge in [-0.2, -0.15) is 0 Å². The molecule has 5 nitrogen and oxygen atoms in total. The van der Waals surface area contributed by atoms with E-state index in [4.69, 9.17) is 18.9 Å². The highest BCUT2D eigenvalue weighted by atomic mass is 16.7. The van der Waals surface area contributed by atoms with Gasteiger partial charge in [0.05, 0.1) is 12.7 Å². The minimum Gasteiger partial charge on any atom is -0.478 e.